The number of hydrogen-bond donors (Lipinski definition) is 3. The van der Waals surface area contributed by atoms with Crippen LogP contribution in [-0.4, -0.2) is 127 Å². The molecule has 8 rings (SSSR count). The molecule has 4 aliphatic rings. The number of amides is 3. The highest BCUT2D eigenvalue weighted by Gasteiger charge is 2.41. The molecule has 0 aliphatic carbocycles. The van der Waals surface area contributed by atoms with E-state index in [9.17, 15) is 23.3 Å². The molecule has 65 heavy (non-hydrogen) atoms. The van der Waals surface area contributed by atoms with Crippen molar-refractivity contribution in [1.29, 1.82) is 0 Å². The van der Waals surface area contributed by atoms with Crippen LogP contribution in [0.2, 0.25) is 5.02 Å². The number of fused-ring (bicyclic) bond motifs is 1. The van der Waals surface area contributed by atoms with Crippen molar-refractivity contribution < 1.29 is 32.8 Å². The highest BCUT2D eigenvalue weighted by Crippen LogP contribution is 2.40. The highest BCUT2D eigenvalue weighted by molar-refractivity contribution is 7.70. The Morgan fingerprint density at radius 2 is 1.71 bits per heavy atom. The molecule has 3 amide bonds. The van der Waals surface area contributed by atoms with Gasteiger partial charge < -0.3 is 39.4 Å². The van der Waals surface area contributed by atoms with Crippen molar-refractivity contribution in [3.8, 4) is 11.5 Å². The van der Waals surface area contributed by atoms with E-state index in [4.69, 9.17) is 21.1 Å². The summed E-state index contributed by atoms with van der Waals surface area (Å²) in [5.74, 6) is -0.0634. The van der Waals surface area contributed by atoms with Crippen LogP contribution in [-0.2, 0) is 27.1 Å². The van der Waals surface area contributed by atoms with Gasteiger partial charge in [-0.3, -0.25) is 24.6 Å². The monoisotopic (exact) mass is 929 g/mol. The molecule has 0 bridgehead atoms. The summed E-state index contributed by atoms with van der Waals surface area (Å²) in [5.41, 5.74) is 4.60. The molecule has 3 fully saturated rings. The number of para-hydroxylation sites is 1. The number of methoxy groups -OCH3 is 1. The van der Waals surface area contributed by atoms with Crippen LogP contribution in [0.5, 0.6) is 11.5 Å². The third kappa shape index (κ3) is 10.6. The fraction of sp³-hybridized carbons (Fsp3) is 0.468. The number of halogens is 2. The van der Waals surface area contributed by atoms with E-state index in [0.29, 0.717) is 57.5 Å². The normalized spacial score (nSPS) is 18.7. The summed E-state index contributed by atoms with van der Waals surface area (Å²) in [6.07, 6.45) is 6.64. The Morgan fingerprint density at radius 3 is 2.43 bits per heavy atom. The van der Waals surface area contributed by atoms with Crippen LogP contribution in [0.15, 0.2) is 54.7 Å². The maximum Gasteiger partial charge on any atom is 0.255 e. The Hall–Kier alpha value is -5.28. The van der Waals surface area contributed by atoms with E-state index in [1.807, 2.05) is 24.3 Å². The van der Waals surface area contributed by atoms with E-state index >= 15 is 0 Å². The number of nitrogens with zero attached hydrogens (tertiary/aromatic N) is 6. The molecule has 18 heteroatoms. The number of imide groups is 1. The second-order valence-corrected chi connectivity index (χ2v) is 21.1. The number of anilines is 5. The fourth-order valence-electron chi connectivity index (χ4n) is 9.44. The lowest BCUT2D eigenvalue weighted by molar-refractivity contribution is -0.136. The molecule has 4 aliphatic heterocycles. The van der Waals surface area contributed by atoms with Crippen LogP contribution in [0.4, 0.5) is 33.2 Å². The summed E-state index contributed by atoms with van der Waals surface area (Å²) >= 11 is 6.53. The minimum absolute atomic E-state index is 0.143. The van der Waals surface area contributed by atoms with Crippen molar-refractivity contribution in [2.24, 2.45) is 0 Å². The molecule has 4 aromatic rings. The molecule has 3 N–H and O–H groups in total. The molecule has 1 atom stereocenters. The van der Waals surface area contributed by atoms with Crippen molar-refractivity contribution in [2.45, 2.75) is 70.5 Å². The Labute approximate surface area is 384 Å². The zero-order valence-corrected chi connectivity index (χ0v) is 39.2. The molecule has 1 unspecified atom stereocenters. The zero-order chi connectivity index (χ0) is 45.8. The van der Waals surface area contributed by atoms with E-state index < -0.39 is 30.8 Å². The lowest BCUT2D eigenvalue weighted by atomic mass is 9.99. The van der Waals surface area contributed by atoms with Gasteiger partial charge in [0.15, 0.2) is 5.82 Å². The minimum atomic E-state index is -2.56. The average molecular weight is 930 g/mol. The number of aryl methyl sites for hydroxylation is 1. The maximum absolute atomic E-state index is 14.6. The number of unbranched alkanes of at least 4 members (excludes halogenated alkanes) is 1. The number of benzene rings is 3. The van der Waals surface area contributed by atoms with Gasteiger partial charge >= 0.3 is 0 Å². The van der Waals surface area contributed by atoms with Crippen molar-refractivity contribution in [1.82, 2.24) is 30.0 Å². The molecule has 0 saturated carbocycles. The van der Waals surface area contributed by atoms with Gasteiger partial charge in [0.25, 0.3) is 5.91 Å². The summed E-state index contributed by atoms with van der Waals surface area (Å²) in [6, 6.07) is 14.0. The minimum Gasteiger partial charge on any atom is -0.494 e. The predicted molar refractivity (Wildman–Crippen MR) is 252 cm³/mol. The average Bonchev–Trinajstić information content (AvgIpc) is 3.62. The molecule has 0 radical (unpaired) electrons. The highest BCUT2D eigenvalue weighted by atomic mass is 35.5. The van der Waals surface area contributed by atoms with E-state index in [-0.39, 0.29) is 30.9 Å². The number of piperidine rings is 2. The lowest BCUT2D eigenvalue weighted by Gasteiger charge is -2.43. The zero-order valence-electron chi connectivity index (χ0n) is 37.5. The maximum atomic E-state index is 14.6. The Bertz CT molecular complexity index is 2470. The Balaban J connectivity index is 0.794. The van der Waals surface area contributed by atoms with E-state index in [1.165, 1.54) is 28.3 Å². The van der Waals surface area contributed by atoms with E-state index in [0.717, 1.165) is 83.6 Å². The summed E-state index contributed by atoms with van der Waals surface area (Å²) in [7, 11) is -0.898. The van der Waals surface area contributed by atoms with Gasteiger partial charge in [0.05, 0.1) is 43.4 Å². The van der Waals surface area contributed by atoms with Gasteiger partial charge in [0, 0.05) is 80.4 Å². The molecule has 1 aromatic heterocycles. The molecule has 15 nitrogen and oxygen atoms in total. The summed E-state index contributed by atoms with van der Waals surface area (Å²) in [4.78, 5) is 55.4. The standard InChI is InChI=1S/C47H58ClFN9O6P/c1-5-30-24-37(52-47-50-28-35(48)44(54-47)51-36-10-6-7-11-42(36)65(3,4)62)41(63-2)27-39(30)57-17-14-32(15-18-57)56-21-19-55(20-22-56)16-8-9-23-64-40-26-31(49)25-33-34(40)29-58(46(33)61)38-12-13-43(59)53-45(38)60/h6-7,10-11,24-28,32,38H,5,8-9,12-23,29H2,1-4H3,(H,53,59,60)(H2,50,51,52,54). The van der Waals surface area contributed by atoms with Gasteiger partial charge in [-0.15, -0.1) is 0 Å². The second kappa shape index (κ2) is 20.1. The van der Waals surface area contributed by atoms with Gasteiger partial charge in [-0.2, -0.15) is 4.98 Å². The van der Waals surface area contributed by atoms with Crippen molar-refractivity contribution in [3.05, 3.63) is 82.3 Å². The van der Waals surface area contributed by atoms with Gasteiger partial charge in [-0.1, -0.05) is 30.7 Å². The molecule has 0 spiro atoms. The van der Waals surface area contributed by atoms with Crippen LogP contribution < -0.4 is 35.6 Å². The molecular weight excluding hydrogens is 872 g/mol. The third-order valence-electron chi connectivity index (χ3n) is 12.9. The fourth-order valence-corrected chi connectivity index (χ4v) is 10.7. The summed E-state index contributed by atoms with van der Waals surface area (Å²) < 4.78 is 39.5. The van der Waals surface area contributed by atoms with Crippen LogP contribution in [0.3, 0.4) is 0 Å². The summed E-state index contributed by atoms with van der Waals surface area (Å²) in [6.45, 7) is 13.1. The van der Waals surface area contributed by atoms with Gasteiger partial charge in [-0.25, -0.2) is 9.37 Å². The summed E-state index contributed by atoms with van der Waals surface area (Å²) in [5, 5.41) is 9.97. The van der Waals surface area contributed by atoms with Gasteiger partial charge in [0.2, 0.25) is 17.8 Å². The molecular formula is C47H58ClFN9O6P. The van der Waals surface area contributed by atoms with Crippen molar-refractivity contribution >= 4 is 70.6 Å². The first-order valence-electron chi connectivity index (χ1n) is 22.5. The van der Waals surface area contributed by atoms with Crippen LogP contribution in [0.25, 0.3) is 0 Å². The Kier molecular flexibility index (Phi) is 14.3. The lowest BCUT2D eigenvalue weighted by Crippen LogP contribution is -2.53. The molecule has 5 heterocycles. The van der Waals surface area contributed by atoms with E-state index in [1.54, 1.807) is 26.6 Å². The van der Waals surface area contributed by atoms with Crippen LogP contribution in [0, 0.1) is 5.82 Å². The van der Waals surface area contributed by atoms with Crippen molar-refractivity contribution in [2.75, 3.05) is 88.4 Å². The number of ether oxygens (including phenoxy) is 2. The number of piperazine rings is 1. The first kappa shape index (κ1) is 46.3. The number of rotatable bonds is 16. The van der Waals surface area contributed by atoms with Gasteiger partial charge in [-0.05, 0) is 88.2 Å². The Morgan fingerprint density at radius 1 is 0.938 bits per heavy atom. The first-order valence-corrected chi connectivity index (χ1v) is 25.5. The topological polar surface area (TPSA) is 162 Å². The largest absolute Gasteiger partial charge is 0.494 e. The second-order valence-electron chi connectivity index (χ2n) is 17.5. The first-order chi connectivity index (χ1) is 31.3. The number of carbonyl (C=O) groups is 3. The van der Waals surface area contributed by atoms with Crippen molar-refractivity contribution in [3.63, 3.8) is 0 Å². The smallest absolute Gasteiger partial charge is 0.255 e. The number of aromatic nitrogens is 2. The SMILES string of the molecule is CCc1cc(Nc2ncc(Cl)c(Nc3ccccc3P(C)(C)=O)n2)c(OC)cc1N1CCC(N2CCN(CCCCOc3cc(F)cc4c3CN(C3CCC(=O)NC3=O)C4=O)CC2)CC1. The molecule has 3 aromatic carbocycles. The third-order valence-corrected chi connectivity index (χ3v) is 14.8. The van der Waals surface area contributed by atoms with Crippen LogP contribution >= 0.6 is 18.7 Å². The number of hydrogen-bond acceptors (Lipinski definition) is 13. The van der Waals surface area contributed by atoms with Gasteiger partial charge in [0.1, 0.15) is 35.5 Å². The predicted octanol–water partition coefficient (Wildman–Crippen LogP) is 6.78. The molecule has 346 valence electrons. The quantitative estimate of drug-likeness (QED) is 0.0614. The number of carbonyl (C=O) groups excluding carboxylic acids is 3. The van der Waals surface area contributed by atoms with Crippen LogP contribution in [0.1, 0.15) is 66.9 Å². The molecule has 3 saturated heterocycles. The number of nitrogens with one attached hydrogen (secondary N) is 3. The van der Waals surface area contributed by atoms with E-state index in [2.05, 4.69) is 59.7 Å².